The van der Waals surface area contributed by atoms with E-state index >= 15 is 0 Å². The Labute approximate surface area is 157 Å². The normalized spacial score (nSPS) is 10.7. The molecular formula is C20H22N2O5. The van der Waals surface area contributed by atoms with Crippen molar-refractivity contribution in [1.29, 1.82) is 0 Å². The van der Waals surface area contributed by atoms with Crippen molar-refractivity contribution >= 4 is 23.9 Å². The number of aryl methyl sites for hydroxylation is 1. The van der Waals surface area contributed by atoms with Crippen LogP contribution in [0.15, 0.2) is 40.8 Å². The number of nitrogens with one attached hydrogen (secondary N) is 1. The lowest BCUT2D eigenvalue weighted by Gasteiger charge is -2.13. The van der Waals surface area contributed by atoms with Crippen molar-refractivity contribution in [3.8, 4) is 0 Å². The number of hydrogen-bond donors (Lipinski definition) is 1. The molecule has 7 nitrogen and oxygen atoms in total. The molecule has 0 radical (unpaired) electrons. The van der Waals surface area contributed by atoms with E-state index in [4.69, 9.17) is 4.42 Å². The third-order valence-corrected chi connectivity index (χ3v) is 3.96. The first-order valence-electron chi connectivity index (χ1n) is 8.28. The Morgan fingerprint density at radius 1 is 1.22 bits per heavy atom. The summed E-state index contributed by atoms with van der Waals surface area (Å²) >= 11 is 0. The monoisotopic (exact) mass is 370 g/mol. The summed E-state index contributed by atoms with van der Waals surface area (Å²) in [5.74, 6) is 0.0774. The van der Waals surface area contributed by atoms with Gasteiger partial charge in [-0.1, -0.05) is 12.1 Å². The lowest BCUT2D eigenvalue weighted by Crippen LogP contribution is -2.23. The first-order chi connectivity index (χ1) is 12.8. The molecule has 1 aromatic heterocycles. The first kappa shape index (κ1) is 20.0. The summed E-state index contributed by atoms with van der Waals surface area (Å²) in [4.78, 5) is 36.9. The minimum atomic E-state index is -0.475. The molecule has 1 N–H and O–H groups in total. The molecule has 1 heterocycles. The van der Waals surface area contributed by atoms with Crippen LogP contribution in [0.25, 0.3) is 6.08 Å². The SMILES string of the molecule is CNC(=O)c1ccc(/C=C/C(=O)N(C)Cc2cc(C(=O)OC)c(C)o2)cc1. The Balaban J connectivity index is 2.00. The lowest BCUT2D eigenvalue weighted by molar-refractivity contribution is -0.125. The maximum atomic E-state index is 12.3. The molecule has 2 rings (SSSR count). The second-order valence-electron chi connectivity index (χ2n) is 5.90. The summed E-state index contributed by atoms with van der Waals surface area (Å²) in [6.45, 7) is 1.89. The second kappa shape index (κ2) is 8.84. The number of ether oxygens (including phenoxy) is 1. The van der Waals surface area contributed by atoms with Crippen molar-refractivity contribution in [1.82, 2.24) is 10.2 Å². The largest absolute Gasteiger partial charge is 0.465 e. The molecule has 2 aromatic rings. The van der Waals surface area contributed by atoms with Crippen LogP contribution >= 0.6 is 0 Å². The van der Waals surface area contributed by atoms with Gasteiger partial charge in [-0.15, -0.1) is 0 Å². The van der Waals surface area contributed by atoms with E-state index in [1.54, 1.807) is 57.4 Å². The molecule has 0 saturated carbocycles. The van der Waals surface area contributed by atoms with Gasteiger partial charge in [-0.25, -0.2) is 4.79 Å². The van der Waals surface area contributed by atoms with E-state index < -0.39 is 5.97 Å². The number of carbonyl (C=O) groups excluding carboxylic acids is 3. The molecule has 0 aliphatic carbocycles. The number of likely N-dealkylation sites (N-methyl/N-ethyl adjacent to an activating group) is 1. The van der Waals surface area contributed by atoms with Crippen LogP contribution in [0.1, 0.15) is 37.8 Å². The van der Waals surface area contributed by atoms with Crippen LogP contribution in [0.3, 0.4) is 0 Å². The molecule has 0 atom stereocenters. The van der Waals surface area contributed by atoms with Gasteiger partial charge < -0.3 is 19.4 Å². The fraction of sp³-hybridized carbons (Fsp3) is 0.250. The number of rotatable bonds is 6. The number of methoxy groups -OCH3 is 1. The predicted octanol–water partition coefficient (Wildman–Crippen LogP) is 2.41. The number of amides is 2. The van der Waals surface area contributed by atoms with Crippen LogP contribution in [-0.2, 0) is 16.1 Å². The molecule has 0 bridgehead atoms. The summed E-state index contributed by atoms with van der Waals surface area (Å²) in [6.07, 6.45) is 3.10. The maximum Gasteiger partial charge on any atom is 0.341 e. The quantitative estimate of drug-likeness (QED) is 0.623. The van der Waals surface area contributed by atoms with Crippen LogP contribution in [0.2, 0.25) is 0 Å². The highest BCUT2D eigenvalue weighted by molar-refractivity contribution is 5.95. The van der Waals surface area contributed by atoms with Crippen LogP contribution in [0.4, 0.5) is 0 Å². The molecule has 142 valence electrons. The molecule has 0 aliphatic heterocycles. The van der Waals surface area contributed by atoms with E-state index in [9.17, 15) is 14.4 Å². The Morgan fingerprint density at radius 3 is 2.48 bits per heavy atom. The standard InChI is InChI=1S/C20H22N2O5/c1-13-17(20(25)26-4)11-16(27-13)12-22(3)18(23)10-7-14-5-8-15(9-6-14)19(24)21-2/h5-11H,12H2,1-4H3,(H,21,24)/b10-7+. The van der Waals surface area contributed by atoms with Gasteiger partial charge in [-0.05, 0) is 36.8 Å². The average Bonchev–Trinajstić information content (AvgIpc) is 3.05. The Hall–Kier alpha value is -3.35. The molecule has 1 aromatic carbocycles. The summed E-state index contributed by atoms with van der Waals surface area (Å²) < 4.78 is 10.2. The topological polar surface area (TPSA) is 88.9 Å². The minimum absolute atomic E-state index is 0.165. The third-order valence-electron chi connectivity index (χ3n) is 3.96. The number of nitrogens with zero attached hydrogens (tertiary/aromatic N) is 1. The third kappa shape index (κ3) is 5.07. The molecule has 7 heteroatoms. The fourth-order valence-corrected chi connectivity index (χ4v) is 2.43. The first-order valence-corrected chi connectivity index (χ1v) is 8.28. The summed E-state index contributed by atoms with van der Waals surface area (Å²) in [7, 11) is 4.51. The van der Waals surface area contributed by atoms with E-state index in [1.165, 1.54) is 18.1 Å². The van der Waals surface area contributed by atoms with Crippen molar-refractivity contribution in [3.63, 3.8) is 0 Å². The zero-order valence-electron chi connectivity index (χ0n) is 15.7. The van der Waals surface area contributed by atoms with Crippen LogP contribution in [0, 0.1) is 6.92 Å². The van der Waals surface area contributed by atoms with Crippen molar-refractivity contribution in [2.45, 2.75) is 13.5 Å². The number of furan rings is 1. The number of carbonyl (C=O) groups is 3. The molecule has 0 aliphatic rings. The van der Waals surface area contributed by atoms with Crippen molar-refractivity contribution in [2.75, 3.05) is 21.2 Å². The molecule has 2 amide bonds. The van der Waals surface area contributed by atoms with Gasteiger partial charge in [0.25, 0.3) is 5.91 Å². The Kier molecular flexibility index (Phi) is 6.54. The maximum absolute atomic E-state index is 12.3. The summed E-state index contributed by atoms with van der Waals surface area (Å²) in [5, 5.41) is 2.55. The van der Waals surface area contributed by atoms with Gasteiger partial charge in [0.15, 0.2) is 0 Å². The van der Waals surface area contributed by atoms with Gasteiger partial charge in [0.2, 0.25) is 5.91 Å². The molecule has 0 unspecified atom stereocenters. The molecular weight excluding hydrogens is 348 g/mol. The zero-order valence-corrected chi connectivity index (χ0v) is 15.7. The van der Waals surface area contributed by atoms with Crippen LogP contribution in [-0.4, -0.2) is 43.9 Å². The van der Waals surface area contributed by atoms with Gasteiger partial charge in [0, 0.05) is 25.7 Å². The van der Waals surface area contributed by atoms with Gasteiger partial charge in [-0.2, -0.15) is 0 Å². The van der Waals surface area contributed by atoms with Crippen molar-refractivity contribution in [2.24, 2.45) is 0 Å². The number of hydrogen-bond acceptors (Lipinski definition) is 5. The Morgan fingerprint density at radius 2 is 1.89 bits per heavy atom. The van der Waals surface area contributed by atoms with E-state index in [0.717, 1.165) is 5.56 Å². The van der Waals surface area contributed by atoms with Crippen molar-refractivity contribution < 1.29 is 23.5 Å². The molecule has 0 fully saturated rings. The smallest absolute Gasteiger partial charge is 0.341 e. The van der Waals surface area contributed by atoms with Gasteiger partial charge >= 0.3 is 5.97 Å². The zero-order chi connectivity index (χ0) is 20.0. The van der Waals surface area contributed by atoms with E-state index in [2.05, 4.69) is 10.1 Å². The van der Waals surface area contributed by atoms with E-state index in [0.29, 0.717) is 22.6 Å². The van der Waals surface area contributed by atoms with E-state index in [-0.39, 0.29) is 18.4 Å². The van der Waals surface area contributed by atoms with Crippen LogP contribution in [0.5, 0.6) is 0 Å². The lowest BCUT2D eigenvalue weighted by atomic mass is 10.1. The Bertz CT molecular complexity index is 865. The van der Waals surface area contributed by atoms with Gasteiger partial charge in [0.1, 0.15) is 17.1 Å². The van der Waals surface area contributed by atoms with Gasteiger partial charge in [-0.3, -0.25) is 9.59 Å². The van der Waals surface area contributed by atoms with Gasteiger partial charge in [0.05, 0.1) is 13.7 Å². The highest BCUT2D eigenvalue weighted by Crippen LogP contribution is 2.17. The highest BCUT2D eigenvalue weighted by Gasteiger charge is 2.17. The number of benzene rings is 1. The number of esters is 1. The summed E-state index contributed by atoms with van der Waals surface area (Å²) in [5.41, 5.74) is 1.69. The highest BCUT2D eigenvalue weighted by atomic mass is 16.5. The summed E-state index contributed by atoms with van der Waals surface area (Å²) in [6, 6.07) is 8.46. The average molecular weight is 370 g/mol. The minimum Gasteiger partial charge on any atom is -0.465 e. The molecule has 0 spiro atoms. The predicted molar refractivity (Wildman–Crippen MR) is 100 cm³/mol. The fourth-order valence-electron chi connectivity index (χ4n) is 2.43. The van der Waals surface area contributed by atoms with Crippen LogP contribution < -0.4 is 5.32 Å². The molecule has 27 heavy (non-hydrogen) atoms. The van der Waals surface area contributed by atoms with E-state index in [1.807, 2.05) is 0 Å². The molecule has 0 saturated heterocycles. The second-order valence-corrected chi connectivity index (χ2v) is 5.90. The van der Waals surface area contributed by atoms with Crippen molar-refractivity contribution in [3.05, 3.63) is 64.6 Å².